The Morgan fingerprint density at radius 1 is 0.773 bits per heavy atom. The smallest absolute Gasteiger partial charge is 0.222 e. The lowest BCUT2D eigenvalue weighted by Gasteiger charge is -2.10. The van der Waals surface area contributed by atoms with E-state index in [0.29, 0.717) is 33.2 Å². The molecular weight excluding hydrogens is 321 g/mol. The number of halogens is 2. The van der Waals surface area contributed by atoms with Crippen LogP contribution in [-0.2, 0) is 0 Å². The molecule has 0 saturated heterocycles. The van der Waals surface area contributed by atoms with E-state index >= 15 is 0 Å². The number of nitrogens with zero attached hydrogens (tertiary/aromatic N) is 1. The molecular formula is C17H11Cl2NO2. The zero-order chi connectivity index (χ0) is 15.4. The highest BCUT2D eigenvalue weighted by atomic mass is 35.5. The van der Waals surface area contributed by atoms with Crippen molar-refractivity contribution in [1.82, 2.24) is 4.98 Å². The van der Waals surface area contributed by atoms with Crippen LogP contribution in [0.2, 0.25) is 10.0 Å². The van der Waals surface area contributed by atoms with Crippen LogP contribution in [0.1, 0.15) is 0 Å². The Balaban J connectivity index is 1.81. The van der Waals surface area contributed by atoms with Crippen molar-refractivity contribution in [2.24, 2.45) is 0 Å². The predicted octanol–water partition coefficient (Wildman–Crippen LogP) is 5.97. The summed E-state index contributed by atoms with van der Waals surface area (Å²) >= 11 is 12.1. The molecule has 0 aliphatic rings. The van der Waals surface area contributed by atoms with Crippen LogP contribution in [0.4, 0.5) is 0 Å². The van der Waals surface area contributed by atoms with E-state index in [1.807, 2.05) is 30.3 Å². The third-order valence-electron chi connectivity index (χ3n) is 2.82. The standard InChI is InChI=1S/C17H11Cl2NO2/c18-14-7-4-8-15(17(14)19)21-13-9-10-20-16(11-13)22-12-5-2-1-3-6-12/h1-11H. The highest BCUT2D eigenvalue weighted by Gasteiger charge is 2.08. The lowest BCUT2D eigenvalue weighted by molar-refractivity contribution is 0.446. The normalized spacial score (nSPS) is 10.3. The minimum Gasteiger partial charge on any atom is -0.455 e. The van der Waals surface area contributed by atoms with E-state index in [0.717, 1.165) is 0 Å². The van der Waals surface area contributed by atoms with Crippen molar-refractivity contribution < 1.29 is 9.47 Å². The van der Waals surface area contributed by atoms with Gasteiger partial charge in [0.05, 0.1) is 5.02 Å². The van der Waals surface area contributed by atoms with Crippen molar-refractivity contribution >= 4 is 23.2 Å². The zero-order valence-corrected chi connectivity index (χ0v) is 12.9. The van der Waals surface area contributed by atoms with Crippen LogP contribution in [0.3, 0.4) is 0 Å². The molecule has 1 aromatic heterocycles. The fourth-order valence-corrected chi connectivity index (χ4v) is 2.14. The highest BCUT2D eigenvalue weighted by molar-refractivity contribution is 6.42. The molecule has 3 nitrogen and oxygen atoms in total. The van der Waals surface area contributed by atoms with Gasteiger partial charge < -0.3 is 9.47 Å². The summed E-state index contributed by atoms with van der Waals surface area (Å²) < 4.78 is 11.4. The summed E-state index contributed by atoms with van der Waals surface area (Å²) in [7, 11) is 0. The summed E-state index contributed by atoms with van der Waals surface area (Å²) in [5.74, 6) is 2.17. The number of pyridine rings is 1. The van der Waals surface area contributed by atoms with Crippen molar-refractivity contribution in [3.05, 3.63) is 76.9 Å². The van der Waals surface area contributed by atoms with Crippen molar-refractivity contribution in [3.8, 4) is 23.1 Å². The van der Waals surface area contributed by atoms with Crippen LogP contribution in [0.25, 0.3) is 0 Å². The molecule has 3 aromatic rings. The average Bonchev–Trinajstić information content (AvgIpc) is 2.53. The lowest BCUT2D eigenvalue weighted by atomic mass is 10.3. The second kappa shape index (κ2) is 6.69. The van der Waals surface area contributed by atoms with E-state index in [4.69, 9.17) is 32.7 Å². The summed E-state index contributed by atoms with van der Waals surface area (Å²) in [6, 6.07) is 18.0. The molecule has 0 fully saturated rings. The van der Waals surface area contributed by atoms with E-state index in [1.54, 1.807) is 36.5 Å². The quantitative estimate of drug-likeness (QED) is 0.589. The van der Waals surface area contributed by atoms with Gasteiger partial charge in [0.15, 0.2) is 0 Å². The number of para-hydroxylation sites is 1. The molecule has 0 N–H and O–H groups in total. The second-order valence-corrected chi connectivity index (χ2v) is 5.18. The summed E-state index contributed by atoms with van der Waals surface area (Å²) in [4.78, 5) is 4.16. The summed E-state index contributed by atoms with van der Waals surface area (Å²) in [5.41, 5.74) is 0. The molecule has 0 radical (unpaired) electrons. The SMILES string of the molecule is Clc1cccc(Oc2ccnc(Oc3ccccc3)c2)c1Cl. The van der Waals surface area contributed by atoms with E-state index in [2.05, 4.69) is 4.98 Å². The van der Waals surface area contributed by atoms with E-state index in [9.17, 15) is 0 Å². The van der Waals surface area contributed by atoms with Crippen molar-refractivity contribution in [2.75, 3.05) is 0 Å². The van der Waals surface area contributed by atoms with Crippen LogP contribution in [0, 0.1) is 0 Å². The van der Waals surface area contributed by atoms with Gasteiger partial charge in [-0.1, -0.05) is 47.5 Å². The second-order valence-electron chi connectivity index (χ2n) is 4.40. The predicted molar refractivity (Wildman–Crippen MR) is 87.3 cm³/mol. The Morgan fingerprint density at radius 3 is 2.41 bits per heavy atom. The first kappa shape index (κ1) is 14.7. The molecule has 110 valence electrons. The van der Waals surface area contributed by atoms with Crippen molar-refractivity contribution in [3.63, 3.8) is 0 Å². The molecule has 0 amide bonds. The van der Waals surface area contributed by atoms with E-state index in [1.165, 1.54) is 0 Å². The Kier molecular flexibility index (Phi) is 4.47. The molecule has 0 spiro atoms. The highest BCUT2D eigenvalue weighted by Crippen LogP contribution is 2.35. The zero-order valence-electron chi connectivity index (χ0n) is 11.4. The van der Waals surface area contributed by atoms with Gasteiger partial charge in [0.1, 0.15) is 22.3 Å². The third kappa shape index (κ3) is 3.50. The minimum atomic E-state index is 0.367. The Morgan fingerprint density at radius 2 is 1.59 bits per heavy atom. The van der Waals surface area contributed by atoms with Gasteiger partial charge in [-0.25, -0.2) is 4.98 Å². The maximum Gasteiger partial charge on any atom is 0.222 e. The fraction of sp³-hybridized carbons (Fsp3) is 0. The number of benzene rings is 2. The monoisotopic (exact) mass is 331 g/mol. The van der Waals surface area contributed by atoms with E-state index in [-0.39, 0.29) is 0 Å². The van der Waals surface area contributed by atoms with Crippen LogP contribution in [0.5, 0.6) is 23.1 Å². The third-order valence-corrected chi connectivity index (χ3v) is 3.62. The Labute approximate surface area is 138 Å². The number of aromatic nitrogens is 1. The van der Waals surface area contributed by atoms with Gasteiger partial charge in [0.2, 0.25) is 5.88 Å². The molecule has 0 saturated carbocycles. The minimum absolute atomic E-state index is 0.367. The number of ether oxygens (including phenoxy) is 2. The number of hydrogen-bond acceptors (Lipinski definition) is 3. The van der Waals surface area contributed by atoms with Crippen LogP contribution < -0.4 is 9.47 Å². The molecule has 0 aliphatic carbocycles. The number of rotatable bonds is 4. The maximum atomic E-state index is 6.11. The van der Waals surface area contributed by atoms with Crippen molar-refractivity contribution in [2.45, 2.75) is 0 Å². The molecule has 0 aliphatic heterocycles. The first-order chi connectivity index (χ1) is 10.7. The topological polar surface area (TPSA) is 31.4 Å². The van der Waals surface area contributed by atoms with Crippen LogP contribution in [0.15, 0.2) is 66.9 Å². The fourth-order valence-electron chi connectivity index (χ4n) is 1.81. The molecule has 3 rings (SSSR count). The van der Waals surface area contributed by atoms with Gasteiger partial charge in [0, 0.05) is 12.3 Å². The maximum absolute atomic E-state index is 6.11. The summed E-state index contributed by atoms with van der Waals surface area (Å²) in [5, 5.41) is 0.806. The first-order valence-electron chi connectivity index (χ1n) is 6.53. The largest absolute Gasteiger partial charge is 0.455 e. The molecule has 22 heavy (non-hydrogen) atoms. The molecule has 0 atom stereocenters. The molecule has 2 aromatic carbocycles. The van der Waals surface area contributed by atoms with Gasteiger partial charge in [-0.3, -0.25) is 0 Å². The van der Waals surface area contributed by atoms with E-state index < -0.39 is 0 Å². The lowest BCUT2D eigenvalue weighted by Crippen LogP contribution is -1.90. The molecule has 0 bridgehead atoms. The van der Waals surface area contributed by atoms with Gasteiger partial charge in [-0.2, -0.15) is 0 Å². The first-order valence-corrected chi connectivity index (χ1v) is 7.29. The molecule has 1 heterocycles. The van der Waals surface area contributed by atoms with Crippen molar-refractivity contribution in [1.29, 1.82) is 0 Å². The van der Waals surface area contributed by atoms with Gasteiger partial charge >= 0.3 is 0 Å². The van der Waals surface area contributed by atoms with Gasteiger partial charge in [0.25, 0.3) is 0 Å². The molecule has 5 heteroatoms. The van der Waals surface area contributed by atoms with Gasteiger partial charge in [-0.15, -0.1) is 0 Å². The summed E-state index contributed by atoms with van der Waals surface area (Å²) in [6.45, 7) is 0. The molecule has 0 unspecified atom stereocenters. The number of hydrogen-bond donors (Lipinski definition) is 0. The van der Waals surface area contributed by atoms with Gasteiger partial charge in [-0.05, 0) is 30.3 Å². The van der Waals surface area contributed by atoms with Crippen LogP contribution >= 0.6 is 23.2 Å². The Bertz CT molecular complexity index is 779. The summed E-state index contributed by atoms with van der Waals surface area (Å²) in [6.07, 6.45) is 1.60. The average molecular weight is 332 g/mol. The van der Waals surface area contributed by atoms with Crippen LogP contribution in [-0.4, -0.2) is 4.98 Å². The Hall–Kier alpha value is -2.23.